The fourth-order valence-corrected chi connectivity index (χ4v) is 2.58. The monoisotopic (exact) mass is 358 g/mol. The number of benzene rings is 1. The van der Waals surface area contributed by atoms with Crippen LogP contribution in [0.15, 0.2) is 24.3 Å². The zero-order valence-electron chi connectivity index (χ0n) is 13.8. The topological polar surface area (TPSA) is 52.4 Å². The molecule has 1 saturated heterocycles. The second-order valence-corrected chi connectivity index (χ2v) is 5.81. The summed E-state index contributed by atoms with van der Waals surface area (Å²) in [6.07, 6.45) is 0. The summed E-state index contributed by atoms with van der Waals surface area (Å²) in [5, 5.41) is 8.74. The highest BCUT2D eigenvalue weighted by Crippen LogP contribution is 2.25. The summed E-state index contributed by atoms with van der Waals surface area (Å²) < 4.78 is 47.2. The summed E-state index contributed by atoms with van der Waals surface area (Å²) in [7, 11) is 5.67. The van der Waals surface area contributed by atoms with E-state index in [0.717, 1.165) is 6.07 Å². The van der Waals surface area contributed by atoms with Crippen LogP contribution in [0.25, 0.3) is 0 Å². The molecule has 5 nitrogen and oxygen atoms in total. The lowest BCUT2D eigenvalue weighted by Gasteiger charge is -2.33. The van der Waals surface area contributed by atoms with Gasteiger partial charge in [-0.3, -0.25) is 0 Å². The van der Waals surface area contributed by atoms with Gasteiger partial charge in [-0.15, -0.1) is 0 Å². The number of rotatable bonds is 4. The molecule has 3 rings (SSSR count). The quantitative estimate of drug-likeness (QED) is 0.784. The van der Waals surface area contributed by atoms with Gasteiger partial charge in [-0.25, -0.2) is 13.2 Å². The van der Waals surface area contributed by atoms with E-state index in [1.807, 2.05) is 6.07 Å². The molecule has 1 aliphatic heterocycles. The second kappa shape index (κ2) is 7.66. The molecular formula is C17H14BF3N4O. The third kappa shape index (κ3) is 3.91. The van der Waals surface area contributed by atoms with E-state index in [4.69, 9.17) is 18.0 Å². The Morgan fingerprint density at radius 2 is 1.81 bits per heavy atom. The van der Waals surface area contributed by atoms with Crippen LogP contribution in [-0.2, 0) is 6.61 Å². The number of nitrogens with zero attached hydrogens (tertiary/aromatic N) is 4. The molecule has 1 aromatic heterocycles. The van der Waals surface area contributed by atoms with Crippen LogP contribution in [0, 0.1) is 28.8 Å². The third-order valence-corrected chi connectivity index (χ3v) is 4.04. The molecule has 1 fully saturated rings. The van der Waals surface area contributed by atoms with E-state index in [1.54, 1.807) is 9.71 Å². The molecule has 0 N–H and O–H groups in total. The van der Waals surface area contributed by atoms with Crippen molar-refractivity contribution in [1.29, 1.82) is 5.26 Å². The Morgan fingerprint density at radius 3 is 2.46 bits per heavy atom. The third-order valence-electron chi connectivity index (χ3n) is 4.04. The van der Waals surface area contributed by atoms with E-state index in [0.29, 0.717) is 32.2 Å². The lowest BCUT2D eigenvalue weighted by molar-refractivity contribution is 0.270. The molecule has 0 atom stereocenters. The number of aromatic nitrogens is 1. The number of nitriles is 1. The Labute approximate surface area is 150 Å². The van der Waals surface area contributed by atoms with Gasteiger partial charge >= 0.3 is 0 Å². The fourth-order valence-electron chi connectivity index (χ4n) is 2.58. The molecule has 0 saturated carbocycles. The lowest BCUT2D eigenvalue weighted by atomic mass is 10.1. The first-order valence-electron chi connectivity index (χ1n) is 7.90. The Hall–Kier alpha value is -2.73. The van der Waals surface area contributed by atoms with Crippen LogP contribution in [0.1, 0.15) is 11.1 Å². The van der Waals surface area contributed by atoms with Crippen molar-refractivity contribution < 1.29 is 17.9 Å². The van der Waals surface area contributed by atoms with Crippen molar-refractivity contribution in [2.45, 2.75) is 6.61 Å². The Balaban J connectivity index is 1.78. The molecule has 1 aliphatic rings. The van der Waals surface area contributed by atoms with Gasteiger partial charge < -0.3 is 14.4 Å². The summed E-state index contributed by atoms with van der Waals surface area (Å²) in [4.78, 5) is 7.16. The summed E-state index contributed by atoms with van der Waals surface area (Å²) in [6, 6.07) is 6.37. The molecule has 2 radical (unpaired) electrons. The van der Waals surface area contributed by atoms with Crippen LogP contribution in [0.3, 0.4) is 0 Å². The molecule has 26 heavy (non-hydrogen) atoms. The Bertz CT molecular complexity index is 851. The Kier molecular flexibility index (Phi) is 5.33. The highest BCUT2D eigenvalue weighted by atomic mass is 19.1. The van der Waals surface area contributed by atoms with E-state index in [9.17, 15) is 13.2 Å². The Morgan fingerprint density at radius 1 is 1.08 bits per heavy atom. The van der Waals surface area contributed by atoms with Gasteiger partial charge in [0.15, 0.2) is 25.4 Å². The van der Waals surface area contributed by atoms with Crippen LogP contribution in [0.4, 0.5) is 19.0 Å². The molecule has 0 aliphatic carbocycles. The number of hydrogen-bond acceptors (Lipinski definition) is 5. The van der Waals surface area contributed by atoms with E-state index in [1.165, 1.54) is 12.1 Å². The molecule has 0 unspecified atom stereocenters. The first-order valence-corrected chi connectivity index (χ1v) is 7.90. The minimum atomic E-state index is -0.974. The van der Waals surface area contributed by atoms with E-state index < -0.39 is 23.3 Å². The number of pyridine rings is 1. The first kappa shape index (κ1) is 18.1. The highest BCUT2D eigenvalue weighted by molar-refractivity contribution is 6.04. The van der Waals surface area contributed by atoms with Crippen LogP contribution in [0.2, 0.25) is 0 Å². The molecule has 9 heteroatoms. The van der Waals surface area contributed by atoms with Crippen molar-refractivity contribution in [3.63, 3.8) is 0 Å². The van der Waals surface area contributed by atoms with Crippen molar-refractivity contribution in [3.05, 3.63) is 52.8 Å². The molecule has 0 bridgehead atoms. The van der Waals surface area contributed by atoms with Gasteiger partial charge in [0, 0.05) is 37.8 Å². The standard InChI is InChI=1S/C17H14BF3N4O/c18-25-5-3-24(4-6-25)16-14(20)8-15(21)17(23-16)26-10-12-2-1-11(9-22)7-13(12)19/h1-2,7-8H,3-6,10H2. The number of hydrogen-bond donors (Lipinski definition) is 0. The van der Waals surface area contributed by atoms with Gasteiger partial charge in [-0.1, -0.05) is 6.07 Å². The molecule has 2 heterocycles. The van der Waals surface area contributed by atoms with Crippen LogP contribution in [0.5, 0.6) is 5.88 Å². The van der Waals surface area contributed by atoms with Gasteiger partial charge in [-0.05, 0) is 12.1 Å². The first-order chi connectivity index (χ1) is 12.5. The lowest BCUT2D eigenvalue weighted by Crippen LogP contribution is -2.45. The molecule has 0 amide bonds. The van der Waals surface area contributed by atoms with Gasteiger partial charge in [-0.2, -0.15) is 10.2 Å². The van der Waals surface area contributed by atoms with E-state index >= 15 is 0 Å². The van der Waals surface area contributed by atoms with Crippen LogP contribution in [-0.4, -0.2) is 44.0 Å². The maximum Gasteiger partial charge on any atom is 0.252 e. The predicted octanol–water partition coefficient (Wildman–Crippen LogP) is 2.16. The zero-order chi connectivity index (χ0) is 18.7. The number of piperazine rings is 1. The van der Waals surface area contributed by atoms with Gasteiger partial charge in [0.25, 0.3) is 5.88 Å². The van der Waals surface area contributed by atoms with Gasteiger partial charge in [0.1, 0.15) is 12.4 Å². The molecular weight excluding hydrogens is 344 g/mol. The highest BCUT2D eigenvalue weighted by Gasteiger charge is 2.21. The number of halogens is 3. The maximum atomic E-state index is 14.1. The summed E-state index contributed by atoms with van der Waals surface area (Å²) >= 11 is 0. The second-order valence-electron chi connectivity index (χ2n) is 5.81. The zero-order valence-corrected chi connectivity index (χ0v) is 13.8. The van der Waals surface area contributed by atoms with Crippen LogP contribution < -0.4 is 9.64 Å². The molecule has 0 spiro atoms. The van der Waals surface area contributed by atoms with Gasteiger partial charge in [0.05, 0.1) is 11.6 Å². The largest absolute Gasteiger partial charge is 0.471 e. The average Bonchev–Trinajstić information content (AvgIpc) is 2.63. The SMILES string of the molecule is [B]N1CCN(c2nc(OCc3ccc(C#N)cc3F)c(F)cc2F)CC1. The van der Waals surface area contributed by atoms with Crippen molar-refractivity contribution in [1.82, 2.24) is 9.79 Å². The van der Waals surface area contributed by atoms with Crippen molar-refractivity contribution in [3.8, 4) is 11.9 Å². The summed E-state index contributed by atoms with van der Waals surface area (Å²) in [5.74, 6) is -2.87. The van der Waals surface area contributed by atoms with Crippen molar-refractivity contribution >= 4 is 13.8 Å². The van der Waals surface area contributed by atoms with Crippen molar-refractivity contribution in [2.24, 2.45) is 0 Å². The maximum absolute atomic E-state index is 14.1. The minimum absolute atomic E-state index is 0.0326. The number of anilines is 1. The minimum Gasteiger partial charge on any atom is -0.471 e. The average molecular weight is 358 g/mol. The van der Waals surface area contributed by atoms with Gasteiger partial charge in [0.2, 0.25) is 0 Å². The van der Waals surface area contributed by atoms with Crippen molar-refractivity contribution in [2.75, 3.05) is 31.1 Å². The predicted molar refractivity (Wildman–Crippen MR) is 89.1 cm³/mol. The molecule has 132 valence electrons. The summed E-state index contributed by atoms with van der Waals surface area (Å²) in [6.45, 7) is 1.62. The summed E-state index contributed by atoms with van der Waals surface area (Å²) in [5.41, 5.74) is 0.298. The smallest absolute Gasteiger partial charge is 0.252 e. The molecule has 1 aromatic carbocycles. The van der Waals surface area contributed by atoms with Crippen LogP contribution >= 0.6 is 0 Å². The fraction of sp³-hybridized carbons (Fsp3) is 0.294. The number of ether oxygens (including phenoxy) is 1. The molecule has 2 aromatic rings. The normalized spacial score (nSPS) is 14.9. The van der Waals surface area contributed by atoms with E-state index in [-0.39, 0.29) is 23.6 Å². The van der Waals surface area contributed by atoms with E-state index in [2.05, 4.69) is 4.98 Å².